The third kappa shape index (κ3) is 3.33. The molecule has 1 aliphatic carbocycles. The molecule has 0 saturated carbocycles. The van der Waals surface area contributed by atoms with E-state index in [1.165, 1.54) is 16.9 Å². The average molecular weight is 354 g/mol. The Kier molecular flexibility index (Phi) is 4.57. The van der Waals surface area contributed by atoms with Gasteiger partial charge in [-0.25, -0.2) is 0 Å². The van der Waals surface area contributed by atoms with Crippen molar-refractivity contribution in [2.75, 3.05) is 18.4 Å². The van der Waals surface area contributed by atoms with Gasteiger partial charge in [-0.05, 0) is 68.4 Å². The molecule has 4 nitrogen and oxygen atoms in total. The SMILES string of the molecule is O=C(Nc1ccc(C(=O)N2CCCC2)cc1)c1csc2c1CCCC2. The molecule has 1 saturated heterocycles. The predicted octanol–water partition coefficient (Wildman–Crippen LogP) is 4.12. The number of likely N-dealkylation sites (tertiary alicyclic amines) is 1. The Bertz CT molecular complexity index is 789. The largest absolute Gasteiger partial charge is 0.339 e. The zero-order chi connectivity index (χ0) is 17.2. The van der Waals surface area contributed by atoms with E-state index in [1.807, 2.05) is 22.4 Å². The first-order chi connectivity index (χ1) is 12.2. The van der Waals surface area contributed by atoms with E-state index in [9.17, 15) is 9.59 Å². The first-order valence-corrected chi connectivity index (χ1v) is 9.90. The van der Waals surface area contributed by atoms with E-state index in [2.05, 4.69) is 5.32 Å². The summed E-state index contributed by atoms with van der Waals surface area (Å²) in [6.07, 6.45) is 6.67. The van der Waals surface area contributed by atoms with Crippen molar-refractivity contribution in [2.24, 2.45) is 0 Å². The van der Waals surface area contributed by atoms with E-state index in [0.29, 0.717) is 5.56 Å². The molecule has 2 amide bonds. The van der Waals surface area contributed by atoms with E-state index in [1.54, 1.807) is 23.5 Å². The smallest absolute Gasteiger partial charge is 0.256 e. The lowest BCUT2D eigenvalue weighted by Gasteiger charge is -2.15. The first-order valence-electron chi connectivity index (χ1n) is 9.02. The van der Waals surface area contributed by atoms with Crippen molar-refractivity contribution < 1.29 is 9.59 Å². The summed E-state index contributed by atoms with van der Waals surface area (Å²) in [6.45, 7) is 1.70. The van der Waals surface area contributed by atoms with Crippen LogP contribution in [-0.4, -0.2) is 29.8 Å². The van der Waals surface area contributed by atoms with Crippen LogP contribution in [0.25, 0.3) is 0 Å². The number of benzene rings is 1. The van der Waals surface area contributed by atoms with Crippen LogP contribution in [0.1, 0.15) is 56.8 Å². The Hall–Kier alpha value is -2.14. The Morgan fingerprint density at radius 3 is 2.44 bits per heavy atom. The number of nitrogens with one attached hydrogen (secondary N) is 1. The fourth-order valence-electron chi connectivity index (χ4n) is 3.68. The van der Waals surface area contributed by atoms with Crippen LogP contribution in [0.3, 0.4) is 0 Å². The second-order valence-corrected chi connectivity index (χ2v) is 7.75. The summed E-state index contributed by atoms with van der Waals surface area (Å²) in [7, 11) is 0. The molecule has 25 heavy (non-hydrogen) atoms. The van der Waals surface area contributed by atoms with Gasteiger partial charge in [0.2, 0.25) is 0 Å². The molecule has 0 unspecified atom stereocenters. The van der Waals surface area contributed by atoms with E-state index < -0.39 is 0 Å². The maximum atomic E-state index is 12.6. The van der Waals surface area contributed by atoms with Crippen LogP contribution in [0, 0.1) is 0 Å². The highest BCUT2D eigenvalue weighted by Gasteiger charge is 2.21. The lowest BCUT2D eigenvalue weighted by Crippen LogP contribution is -2.27. The van der Waals surface area contributed by atoms with Gasteiger partial charge >= 0.3 is 0 Å². The third-order valence-electron chi connectivity index (χ3n) is 5.09. The van der Waals surface area contributed by atoms with Gasteiger partial charge in [-0.15, -0.1) is 11.3 Å². The van der Waals surface area contributed by atoms with Crippen molar-refractivity contribution in [2.45, 2.75) is 38.5 Å². The molecule has 0 radical (unpaired) electrons. The van der Waals surface area contributed by atoms with E-state index >= 15 is 0 Å². The third-order valence-corrected chi connectivity index (χ3v) is 6.18. The lowest BCUT2D eigenvalue weighted by molar-refractivity contribution is 0.0792. The number of carbonyl (C=O) groups excluding carboxylic acids is 2. The summed E-state index contributed by atoms with van der Waals surface area (Å²) in [6, 6.07) is 7.25. The summed E-state index contributed by atoms with van der Waals surface area (Å²) in [5.41, 5.74) is 3.47. The summed E-state index contributed by atoms with van der Waals surface area (Å²) < 4.78 is 0. The van der Waals surface area contributed by atoms with Crippen LogP contribution in [0.2, 0.25) is 0 Å². The average Bonchev–Trinajstić information content (AvgIpc) is 3.31. The number of amides is 2. The number of hydrogen-bond acceptors (Lipinski definition) is 3. The molecule has 1 aliphatic heterocycles. The Labute approximate surface area is 151 Å². The quantitative estimate of drug-likeness (QED) is 0.901. The van der Waals surface area contributed by atoms with Gasteiger partial charge in [-0.1, -0.05) is 0 Å². The minimum absolute atomic E-state index is 0.0435. The highest BCUT2D eigenvalue weighted by Crippen LogP contribution is 2.30. The second kappa shape index (κ2) is 7.00. The molecule has 2 aromatic rings. The number of aryl methyl sites for hydroxylation is 1. The van der Waals surface area contributed by atoms with Gasteiger partial charge in [0.05, 0.1) is 5.56 Å². The highest BCUT2D eigenvalue weighted by molar-refractivity contribution is 7.10. The Balaban J connectivity index is 1.45. The first kappa shape index (κ1) is 16.3. The molecular formula is C20H22N2O2S. The van der Waals surface area contributed by atoms with Gasteiger partial charge in [0.15, 0.2) is 0 Å². The number of hydrogen-bond donors (Lipinski definition) is 1. The lowest BCUT2D eigenvalue weighted by atomic mass is 9.95. The van der Waals surface area contributed by atoms with Gasteiger partial charge in [0, 0.05) is 34.6 Å². The molecule has 5 heteroatoms. The molecule has 1 aromatic carbocycles. The van der Waals surface area contributed by atoms with Crippen molar-refractivity contribution >= 4 is 28.8 Å². The maximum absolute atomic E-state index is 12.6. The van der Waals surface area contributed by atoms with Gasteiger partial charge in [0.25, 0.3) is 11.8 Å². The molecule has 2 heterocycles. The fourth-order valence-corrected chi connectivity index (χ4v) is 4.81. The Morgan fingerprint density at radius 1 is 0.960 bits per heavy atom. The number of carbonyl (C=O) groups is 2. The number of nitrogens with zero attached hydrogens (tertiary/aromatic N) is 1. The maximum Gasteiger partial charge on any atom is 0.256 e. The highest BCUT2D eigenvalue weighted by atomic mass is 32.1. The second-order valence-electron chi connectivity index (χ2n) is 6.79. The monoisotopic (exact) mass is 354 g/mol. The molecule has 130 valence electrons. The standard InChI is InChI=1S/C20H22N2O2S/c23-19(17-13-25-18-6-2-1-5-16(17)18)21-15-9-7-14(8-10-15)20(24)22-11-3-4-12-22/h7-10,13H,1-6,11-12H2,(H,21,23). The number of thiophene rings is 1. The molecule has 1 fully saturated rings. The molecule has 1 aromatic heterocycles. The van der Waals surface area contributed by atoms with E-state index in [-0.39, 0.29) is 11.8 Å². The summed E-state index contributed by atoms with van der Waals surface area (Å²) in [5.74, 6) is 0.0419. The van der Waals surface area contributed by atoms with Crippen molar-refractivity contribution in [3.05, 3.63) is 51.2 Å². The van der Waals surface area contributed by atoms with E-state index in [0.717, 1.165) is 56.4 Å². The molecule has 2 aliphatic rings. The van der Waals surface area contributed by atoms with Crippen molar-refractivity contribution in [3.63, 3.8) is 0 Å². The van der Waals surface area contributed by atoms with Gasteiger partial charge in [-0.3, -0.25) is 9.59 Å². The zero-order valence-corrected chi connectivity index (χ0v) is 15.0. The van der Waals surface area contributed by atoms with Crippen LogP contribution in [0.5, 0.6) is 0 Å². The predicted molar refractivity (Wildman–Crippen MR) is 100 cm³/mol. The number of fused-ring (bicyclic) bond motifs is 1. The molecule has 0 atom stereocenters. The van der Waals surface area contributed by atoms with Gasteiger partial charge < -0.3 is 10.2 Å². The molecule has 0 spiro atoms. The fraction of sp³-hybridized carbons (Fsp3) is 0.400. The van der Waals surface area contributed by atoms with E-state index in [4.69, 9.17) is 0 Å². The number of anilines is 1. The topological polar surface area (TPSA) is 49.4 Å². The zero-order valence-electron chi connectivity index (χ0n) is 14.2. The van der Waals surface area contributed by atoms with Crippen LogP contribution in [0.4, 0.5) is 5.69 Å². The van der Waals surface area contributed by atoms with Gasteiger partial charge in [-0.2, -0.15) is 0 Å². The molecular weight excluding hydrogens is 332 g/mol. The van der Waals surface area contributed by atoms with Crippen molar-refractivity contribution in [1.29, 1.82) is 0 Å². The molecule has 0 bridgehead atoms. The Morgan fingerprint density at radius 2 is 1.68 bits per heavy atom. The normalized spacial score (nSPS) is 16.6. The summed E-state index contributed by atoms with van der Waals surface area (Å²) in [5, 5.41) is 4.96. The molecule has 1 N–H and O–H groups in total. The summed E-state index contributed by atoms with van der Waals surface area (Å²) in [4.78, 5) is 28.2. The molecule has 4 rings (SSSR count). The van der Waals surface area contributed by atoms with Crippen LogP contribution in [-0.2, 0) is 12.8 Å². The van der Waals surface area contributed by atoms with Gasteiger partial charge in [0.1, 0.15) is 0 Å². The van der Waals surface area contributed by atoms with Crippen LogP contribution >= 0.6 is 11.3 Å². The van der Waals surface area contributed by atoms with Crippen molar-refractivity contribution in [1.82, 2.24) is 4.90 Å². The van der Waals surface area contributed by atoms with Crippen LogP contribution < -0.4 is 5.32 Å². The summed E-state index contributed by atoms with van der Waals surface area (Å²) >= 11 is 1.70. The van der Waals surface area contributed by atoms with Crippen molar-refractivity contribution in [3.8, 4) is 0 Å². The minimum Gasteiger partial charge on any atom is -0.339 e. The van der Waals surface area contributed by atoms with Crippen LogP contribution in [0.15, 0.2) is 29.6 Å². The minimum atomic E-state index is -0.0435. The number of rotatable bonds is 3.